The minimum Gasteiger partial charge on any atom is -0.428 e. The number of amides is 1. The molecule has 0 fully saturated rings. The SMILES string of the molecule is C[C@@H]1c2ccccc2CN1C(=O)[C@](C)(N)OC(=O)C(F)(F)F. The van der Waals surface area contributed by atoms with Crippen LogP contribution in [-0.2, 0) is 20.9 Å². The van der Waals surface area contributed by atoms with Gasteiger partial charge < -0.3 is 9.64 Å². The van der Waals surface area contributed by atoms with Gasteiger partial charge in [0.25, 0.3) is 5.91 Å². The number of carbonyl (C=O) groups is 2. The highest BCUT2D eigenvalue weighted by molar-refractivity contribution is 5.88. The molecular weight excluding hydrogens is 301 g/mol. The average Bonchev–Trinajstić information content (AvgIpc) is 2.74. The standard InChI is InChI=1S/C14H15F3N2O3/c1-8-10-6-4-3-5-9(10)7-19(8)11(20)13(2,18)22-12(21)14(15,16)17/h3-6,8H,7,18H2,1-2H3/t8-,13-/m1/s1. The Morgan fingerprint density at radius 2 is 1.91 bits per heavy atom. The van der Waals surface area contributed by atoms with Gasteiger partial charge in [-0.05, 0) is 25.0 Å². The van der Waals surface area contributed by atoms with E-state index in [9.17, 15) is 22.8 Å². The summed E-state index contributed by atoms with van der Waals surface area (Å²) in [6.45, 7) is 2.87. The van der Waals surface area contributed by atoms with Crippen molar-refractivity contribution in [3.05, 3.63) is 35.4 Å². The van der Waals surface area contributed by atoms with E-state index in [0.29, 0.717) is 0 Å². The lowest BCUT2D eigenvalue weighted by Crippen LogP contribution is -2.56. The Hall–Kier alpha value is -2.09. The lowest BCUT2D eigenvalue weighted by molar-refractivity contribution is -0.214. The van der Waals surface area contributed by atoms with Crippen molar-refractivity contribution in [2.75, 3.05) is 0 Å². The first-order valence-corrected chi connectivity index (χ1v) is 6.52. The van der Waals surface area contributed by atoms with Gasteiger partial charge in [-0.15, -0.1) is 0 Å². The predicted octanol–water partition coefficient (Wildman–Crippen LogP) is 1.87. The molecule has 0 aliphatic carbocycles. The third kappa shape index (κ3) is 2.92. The minimum atomic E-state index is -5.21. The average molecular weight is 316 g/mol. The van der Waals surface area contributed by atoms with Gasteiger partial charge in [0.1, 0.15) is 0 Å². The topological polar surface area (TPSA) is 72.6 Å². The van der Waals surface area contributed by atoms with Gasteiger partial charge in [-0.25, -0.2) is 4.79 Å². The lowest BCUT2D eigenvalue weighted by Gasteiger charge is -2.31. The number of hydrogen-bond donors (Lipinski definition) is 1. The third-order valence-corrected chi connectivity index (χ3v) is 3.54. The van der Waals surface area contributed by atoms with Crippen LogP contribution in [0.25, 0.3) is 0 Å². The summed E-state index contributed by atoms with van der Waals surface area (Å²) < 4.78 is 40.9. The van der Waals surface area contributed by atoms with E-state index in [0.717, 1.165) is 18.1 Å². The van der Waals surface area contributed by atoms with E-state index in [1.54, 1.807) is 19.1 Å². The van der Waals surface area contributed by atoms with Gasteiger partial charge in [0.15, 0.2) is 0 Å². The van der Waals surface area contributed by atoms with Crippen molar-refractivity contribution in [1.29, 1.82) is 0 Å². The van der Waals surface area contributed by atoms with Crippen molar-refractivity contribution in [3.8, 4) is 0 Å². The molecular formula is C14H15F3N2O3. The molecule has 5 nitrogen and oxygen atoms in total. The molecule has 0 aromatic heterocycles. The van der Waals surface area contributed by atoms with Crippen LogP contribution in [0.2, 0.25) is 0 Å². The molecule has 22 heavy (non-hydrogen) atoms. The number of hydrogen-bond acceptors (Lipinski definition) is 4. The Morgan fingerprint density at radius 3 is 2.45 bits per heavy atom. The summed E-state index contributed by atoms with van der Waals surface area (Å²) in [5, 5.41) is 0. The van der Waals surface area contributed by atoms with Crippen LogP contribution in [0.3, 0.4) is 0 Å². The van der Waals surface area contributed by atoms with Gasteiger partial charge in [-0.3, -0.25) is 10.5 Å². The molecule has 0 spiro atoms. The highest BCUT2D eigenvalue weighted by Crippen LogP contribution is 2.34. The maximum absolute atomic E-state index is 12.4. The van der Waals surface area contributed by atoms with Gasteiger partial charge in [-0.2, -0.15) is 13.2 Å². The molecule has 1 aromatic carbocycles. The van der Waals surface area contributed by atoms with Gasteiger partial charge in [0.2, 0.25) is 5.72 Å². The van der Waals surface area contributed by atoms with E-state index >= 15 is 0 Å². The van der Waals surface area contributed by atoms with E-state index in [1.807, 2.05) is 12.1 Å². The van der Waals surface area contributed by atoms with Gasteiger partial charge in [0, 0.05) is 6.54 Å². The Bertz CT molecular complexity index is 614. The van der Waals surface area contributed by atoms with Crippen LogP contribution in [0.4, 0.5) is 13.2 Å². The summed E-state index contributed by atoms with van der Waals surface area (Å²) in [5.74, 6) is -3.37. The zero-order valence-electron chi connectivity index (χ0n) is 12.0. The molecule has 1 aromatic rings. The molecule has 0 radical (unpaired) electrons. The van der Waals surface area contributed by atoms with Crippen molar-refractivity contribution in [3.63, 3.8) is 0 Å². The zero-order chi connectivity index (χ0) is 16.7. The monoisotopic (exact) mass is 316 g/mol. The van der Waals surface area contributed by atoms with Crippen LogP contribution in [0, 0.1) is 0 Å². The smallest absolute Gasteiger partial charge is 0.428 e. The van der Waals surface area contributed by atoms with Crippen molar-refractivity contribution in [1.82, 2.24) is 4.90 Å². The summed E-state index contributed by atoms with van der Waals surface area (Å²) in [4.78, 5) is 24.6. The van der Waals surface area contributed by atoms with Crippen LogP contribution in [-0.4, -0.2) is 28.7 Å². The van der Waals surface area contributed by atoms with Crippen molar-refractivity contribution < 1.29 is 27.5 Å². The molecule has 0 bridgehead atoms. The largest absolute Gasteiger partial charge is 0.491 e. The molecule has 0 unspecified atom stereocenters. The first kappa shape index (κ1) is 16.3. The zero-order valence-corrected chi connectivity index (χ0v) is 12.0. The van der Waals surface area contributed by atoms with Crippen molar-refractivity contribution >= 4 is 11.9 Å². The van der Waals surface area contributed by atoms with E-state index in [-0.39, 0.29) is 12.6 Å². The minimum absolute atomic E-state index is 0.201. The van der Waals surface area contributed by atoms with Gasteiger partial charge in [0.05, 0.1) is 6.04 Å². The summed E-state index contributed by atoms with van der Waals surface area (Å²) in [6, 6.07) is 6.87. The molecule has 2 atom stereocenters. The number of carbonyl (C=O) groups excluding carboxylic acids is 2. The van der Waals surface area contributed by atoms with Gasteiger partial charge >= 0.3 is 12.1 Å². The third-order valence-electron chi connectivity index (χ3n) is 3.54. The van der Waals surface area contributed by atoms with E-state index in [2.05, 4.69) is 4.74 Å². The first-order chi connectivity index (χ1) is 10.0. The Balaban J connectivity index is 2.17. The molecule has 1 amide bonds. The number of alkyl halides is 3. The molecule has 0 saturated carbocycles. The number of nitrogens with zero attached hydrogens (tertiary/aromatic N) is 1. The first-order valence-electron chi connectivity index (χ1n) is 6.52. The fraction of sp³-hybridized carbons (Fsp3) is 0.429. The molecule has 2 rings (SSSR count). The Labute approximate surface area is 124 Å². The maximum atomic E-state index is 12.4. The number of esters is 1. The molecule has 1 aliphatic heterocycles. The number of nitrogens with two attached hydrogens (primary N) is 1. The molecule has 1 heterocycles. The Morgan fingerprint density at radius 1 is 1.32 bits per heavy atom. The molecule has 2 N–H and O–H groups in total. The predicted molar refractivity (Wildman–Crippen MR) is 70.1 cm³/mol. The molecule has 0 saturated heterocycles. The number of fused-ring (bicyclic) bond motifs is 1. The molecule has 120 valence electrons. The fourth-order valence-electron chi connectivity index (χ4n) is 2.40. The van der Waals surface area contributed by atoms with Crippen molar-refractivity contribution in [2.24, 2.45) is 5.73 Å². The summed E-state index contributed by atoms with van der Waals surface area (Å²) in [5.41, 5.74) is 4.87. The normalized spacial score (nSPS) is 20.3. The van der Waals surface area contributed by atoms with Crippen LogP contribution in [0.5, 0.6) is 0 Å². The number of halogens is 3. The van der Waals surface area contributed by atoms with Crippen LogP contribution >= 0.6 is 0 Å². The van der Waals surface area contributed by atoms with Crippen LogP contribution in [0.15, 0.2) is 24.3 Å². The summed E-state index contributed by atoms with van der Waals surface area (Å²) >= 11 is 0. The Kier molecular flexibility index (Phi) is 3.90. The lowest BCUT2D eigenvalue weighted by atomic mass is 10.1. The van der Waals surface area contributed by atoms with E-state index in [1.165, 1.54) is 4.90 Å². The number of rotatable bonds is 2. The van der Waals surface area contributed by atoms with Crippen LogP contribution in [0.1, 0.15) is 31.0 Å². The molecule has 1 aliphatic rings. The molecule has 8 heteroatoms. The summed E-state index contributed by atoms with van der Waals surface area (Å²) in [6.07, 6.45) is -5.21. The van der Waals surface area contributed by atoms with Crippen LogP contribution < -0.4 is 5.73 Å². The van der Waals surface area contributed by atoms with Gasteiger partial charge in [-0.1, -0.05) is 24.3 Å². The second-order valence-corrected chi connectivity index (χ2v) is 5.30. The second kappa shape index (κ2) is 5.28. The fourth-order valence-corrected chi connectivity index (χ4v) is 2.40. The highest BCUT2D eigenvalue weighted by atomic mass is 19.4. The summed E-state index contributed by atoms with van der Waals surface area (Å²) in [7, 11) is 0. The van der Waals surface area contributed by atoms with E-state index in [4.69, 9.17) is 5.73 Å². The van der Waals surface area contributed by atoms with E-state index < -0.39 is 23.8 Å². The van der Waals surface area contributed by atoms with Crippen molar-refractivity contribution in [2.45, 2.75) is 38.3 Å². The quantitative estimate of drug-likeness (QED) is 0.668. The highest BCUT2D eigenvalue weighted by Gasteiger charge is 2.48. The second-order valence-electron chi connectivity index (χ2n) is 5.30. The number of benzene rings is 1. The maximum Gasteiger partial charge on any atom is 0.491 e. The number of ether oxygens (including phenoxy) is 1.